The fraction of sp³-hybridized carbons (Fsp3) is 0.688. The van der Waals surface area contributed by atoms with Crippen LogP contribution in [-0.2, 0) is 6.54 Å². The van der Waals surface area contributed by atoms with Crippen molar-refractivity contribution in [1.82, 2.24) is 14.9 Å². The minimum absolute atomic E-state index is 0.505. The second-order valence-electron chi connectivity index (χ2n) is 6.17. The third-order valence-electron chi connectivity index (χ3n) is 4.55. The van der Waals surface area contributed by atoms with E-state index < -0.39 is 0 Å². The van der Waals surface area contributed by atoms with Crippen molar-refractivity contribution in [3.63, 3.8) is 0 Å². The van der Waals surface area contributed by atoms with Crippen molar-refractivity contribution >= 4 is 0 Å². The summed E-state index contributed by atoms with van der Waals surface area (Å²) in [5.41, 5.74) is 1.39. The van der Waals surface area contributed by atoms with Crippen LogP contribution in [0.2, 0.25) is 0 Å². The van der Waals surface area contributed by atoms with Crippen LogP contribution < -0.4 is 5.32 Å². The summed E-state index contributed by atoms with van der Waals surface area (Å²) in [6.07, 6.45) is 16.4. The molecule has 104 valence electrons. The van der Waals surface area contributed by atoms with Gasteiger partial charge in [-0.1, -0.05) is 12.2 Å². The Balaban J connectivity index is 1.69. The molecule has 3 nitrogen and oxygen atoms in total. The van der Waals surface area contributed by atoms with E-state index >= 15 is 0 Å². The second-order valence-corrected chi connectivity index (χ2v) is 6.17. The Bertz CT molecular complexity index is 435. The van der Waals surface area contributed by atoms with Crippen LogP contribution in [0.15, 0.2) is 24.7 Å². The number of aromatic nitrogens is 2. The van der Waals surface area contributed by atoms with E-state index in [9.17, 15) is 0 Å². The molecule has 1 aliphatic heterocycles. The molecule has 0 bridgehead atoms. The van der Waals surface area contributed by atoms with Crippen molar-refractivity contribution in [3.8, 4) is 0 Å². The van der Waals surface area contributed by atoms with Gasteiger partial charge >= 0.3 is 0 Å². The maximum atomic E-state index is 4.39. The Hall–Kier alpha value is -1.09. The lowest BCUT2D eigenvalue weighted by molar-refractivity contribution is 0.319. The smallest absolute Gasteiger partial charge is 0.0948 e. The second kappa shape index (κ2) is 5.91. The normalized spacial score (nSPS) is 31.5. The summed E-state index contributed by atoms with van der Waals surface area (Å²) in [6, 6.07) is 1.14. The van der Waals surface area contributed by atoms with Gasteiger partial charge in [-0.2, -0.15) is 0 Å². The highest BCUT2D eigenvalue weighted by molar-refractivity contribution is 5.07. The van der Waals surface area contributed by atoms with Gasteiger partial charge in [-0.3, -0.25) is 0 Å². The molecule has 1 saturated heterocycles. The first-order valence-electron chi connectivity index (χ1n) is 7.74. The first-order chi connectivity index (χ1) is 9.33. The summed E-state index contributed by atoms with van der Waals surface area (Å²) in [5.74, 6) is 0.791. The van der Waals surface area contributed by atoms with Gasteiger partial charge in [0.05, 0.1) is 12.0 Å². The quantitative estimate of drug-likeness (QED) is 0.843. The summed E-state index contributed by atoms with van der Waals surface area (Å²) in [6.45, 7) is 3.42. The van der Waals surface area contributed by atoms with Crippen molar-refractivity contribution in [2.75, 3.05) is 0 Å². The van der Waals surface area contributed by atoms with Gasteiger partial charge < -0.3 is 9.88 Å². The van der Waals surface area contributed by atoms with Crippen LogP contribution in [0.1, 0.15) is 57.2 Å². The zero-order valence-electron chi connectivity index (χ0n) is 11.9. The van der Waals surface area contributed by atoms with E-state index in [4.69, 9.17) is 0 Å². The fourth-order valence-corrected chi connectivity index (χ4v) is 3.45. The summed E-state index contributed by atoms with van der Waals surface area (Å²) >= 11 is 0. The Morgan fingerprint density at radius 1 is 1.32 bits per heavy atom. The van der Waals surface area contributed by atoms with Crippen molar-refractivity contribution in [3.05, 3.63) is 30.4 Å². The lowest BCUT2D eigenvalue weighted by atomic mass is 9.93. The molecule has 0 saturated carbocycles. The molecule has 1 aromatic rings. The number of nitrogens with one attached hydrogen (secondary N) is 1. The van der Waals surface area contributed by atoms with E-state index in [0.29, 0.717) is 12.1 Å². The molecule has 1 aromatic heterocycles. The number of hydrogen-bond donors (Lipinski definition) is 1. The average Bonchev–Trinajstić information content (AvgIpc) is 2.88. The summed E-state index contributed by atoms with van der Waals surface area (Å²) in [5, 5.41) is 3.72. The van der Waals surface area contributed by atoms with Crippen LogP contribution in [0.25, 0.3) is 0 Å². The molecule has 3 atom stereocenters. The largest absolute Gasteiger partial charge is 0.333 e. The molecule has 3 heteroatoms. The van der Waals surface area contributed by atoms with Crippen molar-refractivity contribution in [2.45, 2.75) is 64.1 Å². The van der Waals surface area contributed by atoms with E-state index in [1.165, 1.54) is 44.2 Å². The average molecular weight is 259 g/mol. The molecular formula is C16H25N3. The highest BCUT2D eigenvalue weighted by Gasteiger charge is 2.23. The molecule has 1 aliphatic carbocycles. The van der Waals surface area contributed by atoms with E-state index in [2.05, 4.69) is 40.1 Å². The van der Waals surface area contributed by atoms with Crippen LogP contribution in [0.3, 0.4) is 0 Å². The third-order valence-corrected chi connectivity index (χ3v) is 4.55. The summed E-state index contributed by atoms with van der Waals surface area (Å²) in [4.78, 5) is 4.39. The monoisotopic (exact) mass is 259 g/mol. The van der Waals surface area contributed by atoms with Gasteiger partial charge in [0.2, 0.25) is 0 Å². The molecule has 19 heavy (non-hydrogen) atoms. The predicted molar refractivity (Wildman–Crippen MR) is 77.9 cm³/mol. The van der Waals surface area contributed by atoms with Gasteiger partial charge in [0, 0.05) is 24.8 Å². The highest BCUT2D eigenvalue weighted by atomic mass is 15.1. The molecule has 0 aromatic carbocycles. The van der Waals surface area contributed by atoms with Crippen LogP contribution >= 0.6 is 0 Å². The zero-order chi connectivity index (χ0) is 13.1. The first-order valence-corrected chi connectivity index (χ1v) is 7.74. The number of allylic oxidation sites excluding steroid dienone is 2. The zero-order valence-corrected chi connectivity index (χ0v) is 11.9. The maximum absolute atomic E-state index is 4.39. The molecular weight excluding hydrogens is 234 g/mol. The summed E-state index contributed by atoms with van der Waals surface area (Å²) < 4.78 is 2.39. The highest BCUT2D eigenvalue weighted by Crippen LogP contribution is 2.27. The molecule has 2 aliphatic rings. The molecule has 0 spiro atoms. The third kappa shape index (κ3) is 3.08. The molecule has 3 unspecified atom stereocenters. The molecule has 3 rings (SSSR count). The van der Waals surface area contributed by atoms with Crippen LogP contribution in [0.4, 0.5) is 0 Å². The Morgan fingerprint density at radius 3 is 3.05 bits per heavy atom. The molecule has 2 heterocycles. The van der Waals surface area contributed by atoms with E-state index in [1.807, 2.05) is 6.33 Å². The van der Waals surface area contributed by atoms with Crippen LogP contribution in [0, 0.1) is 5.92 Å². The number of hydrogen-bond acceptors (Lipinski definition) is 2. The van der Waals surface area contributed by atoms with Crippen LogP contribution in [-0.4, -0.2) is 15.6 Å². The number of piperidine rings is 1. The van der Waals surface area contributed by atoms with Gasteiger partial charge in [0.1, 0.15) is 0 Å². The maximum Gasteiger partial charge on any atom is 0.0948 e. The van der Waals surface area contributed by atoms with Gasteiger partial charge in [-0.15, -0.1) is 0 Å². The van der Waals surface area contributed by atoms with E-state index in [0.717, 1.165) is 12.5 Å². The number of nitrogens with zero attached hydrogens (tertiary/aromatic N) is 2. The van der Waals surface area contributed by atoms with Gasteiger partial charge in [-0.25, -0.2) is 4.98 Å². The Labute approximate surface area is 116 Å². The molecule has 0 amide bonds. The lowest BCUT2D eigenvalue weighted by Crippen LogP contribution is -2.35. The van der Waals surface area contributed by atoms with Gasteiger partial charge in [0.15, 0.2) is 0 Å². The van der Waals surface area contributed by atoms with E-state index in [-0.39, 0.29) is 0 Å². The fourth-order valence-electron chi connectivity index (χ4n) is 3.45. The topological polar surface area (TPSA) is 29.9 Å². The molecule has 1 N–H and O–H groups in total. The standard InChI is InChI=1S/C16H25N3/c1-13-6-5-9-15(18-13)16-10-17-12-19(16)11-14-7-3-2-4-8-14/h2-3,10,12-15,18H,4-9,11H2,1H3. The molecule has 0 radical (unpaired) electrons. The van der Waals surface area contributed by atoms with Crippen LogP contribution in [0.5, 0.6) is 0 Å². The van der Waals surface area contributed by atoms with Crippen molar-refractivity contribution in [1.29, 1.82) is 0 Å². The van der Waals surface area contributed by atoms with Crippen molar-refractivity contribution in [2.24, 2.45) is 5.92 Å². The Morgan fingerprint density at radius 2 is 2.26 bits per heavy atom. The minimum Gasteiger partial charge on any atom is -0.333 e. The van der Waals surface area contributed by atoms with Gasteiger partial charge in [-0.05, 0) is 51.4 Å². The van der Waals surface area contributed by atoms with Gasteiger partial charge in [0.25, 0.3) is 0 Å². The Kier molecular flexibility index (Phi) is 4.02. The number of rotatable bonds is 3. The number of imidazole rings is 1. The van der Waals surface area contributed by atoms with Crippen molar-refractivity contribution < 1.29 is 0 Å². The molecule has 1 fully saturated rings. The summed E-state index contributed by atoms with van der Waals surface area (Å²) in [7, 11) is 0. The SMILES string of the molecule is CC1CCCC(c2cncn2CC2CC=CCC2)N1. The predicted octanol–water partition coefficient (Wildman–Crippen LogP) is 3.44. The minimum atomic E-state index is 0.505. The lowest BCUT2D eigenvalue weighted by Gasteiger charge is -2.30. The van der Waals surface area contributed by atoms with E-state index in [1.54, 1.807) is 0 Å². The first kappa shape index (κ1) is 12.9.